The van der Waals surface area contributed by atoms with Crippen LogP contribution in [0.5, 0.6) is 0 Å². The van der Waals surface area contributed by atoms with Gasteiger partial charge in [-0.05, 0) is 49.1 Å². The molecule has 2 atom stereocenters. The summed E-state index contributed by atoms with van der Waals surface area (Å²) in [6, 6.07) is 9.55. The van der Waals surface area contributed by atoms with Gasteiger partial charge in [-0.3, -0.25) is 0 Å². The lowest BCUT2D eigenvalue weighted by Gasteiger charge is -2.46. The average molecular weight is 312 g/mol. The van der Waals surface area contributed by atoms with Gasteiger partial charge in [-0.2, -0.15) is 0 Å². The lowest BCUT2D eigenvalue weighted by atomic mass is 10.1. The van der Waals surface area contributed by atoms with Gasteiger partial charge < -0.3 is 15.1 Å². The summed E-state index contributed by atoms with van der Waals surface area (Å²) < 4.78 is 1.18. The van der Waals surface area contributed by atoms with Crippen LogP contribution in [-0.4, -0.2) is 50.7 Å². The molecular weight excluding hydrogens is 290 g/mol. The maximum Gasteiger partial charge on any atom is 0.0545 e. The van der Waals surface area contributed by atoms with Gasteiger partial charge in [0.1, 0.15) is 0 Å². The number of likely N-dealkylation sites (N-methyl/N-ethyl adjacent to an activating group) is 2. The minimum atomic E-state index is 0.516. The Labute approximate surface area is 118 Å². The number of piperazine rings is 1. The maximum absolute atomic E-state index is 3.68. The molecule has 3 nitrogen and oxygen atoms in total. The summed E-state index contributed by atoms with van der Waals surface area (Å²) in [5, 5.41) is 3.31. The van der Waals surface area contributed by atoms with E-state index in [-0.39, 0.29) is 0 Å². The van der Waals surface area contributed by atoms with Gasteiger partial charge in [-0.25, -0.2) is 0 Å². The second-order valence-corrected chi connectivity index (χ2v) is 5.99. The van der Waals surface area contributed by atoms with Crippen molar-refractivity contribution in [3.63, 3.8) is 0 Å². The van der Waals surface area contributed by atoms with E-state index in [9.17, 15) is 0 Å². The fourth-order valence-electron chi connectivity index (χ4n) is 2.91. The van der Waals surface area contributed by atoms with Gasteiger partial charge >= 0.3 is 0 Å². The molecule has 1 aliphatic heterocycles. The topological polar surface area (TPSA) is 18.5 Å². The van der Waals surface area contributed by atoms with E-state index in [0.29, 0.717) is 12.1 Å². The summed E-state index contributed by atoms with van der Waals surface area (Å²) in [6.07, 6.45) is 0. The van der Waals surface area contributed by atoms with E-state index >= 15 is 0 Å². The molecular formula is C14H22BrN3. The fraction of sp³-hybridized carbons (Fsp3) is 0.571. The molecule has 1 N–H and O–H groups in total. The first-order chi connectivity index (χ1) is 8.63. The van der Waals surface area contributed by atoms with Crippen LogP contribution in [0.4, 0.5) is 5.69 Å². The van der Waals surface area contributed by atoms with E-state index in [1.807, 2.05) is 7.05 Å². The zero-order valence-corrected chi connectivity index (χ0v) is 12.9. The van der Waals surface area contributed by atoms with E-state index in [1.54, 1.807) is 0 Å². The zero-order valence-electron chi connectivity index (χ0n) is 11.4. The molecule has 2 unspecified atom stereocenters. The monoisotopic (exact) mass is 311 g/mol. The predicted molar refractivity (Wildman–Crippen MR) is 81.3 cm³/mol. The van der Waals surface area contributed by atoms with Crippen molar-refractivity contribution in [2.45, 2.75) is 19.0 Å². The molecule has 0 bridgehead atoms. The Balaban J connectivity index is 2.29. The summed E-state index contributed by atoms with van der Waals surface area (Å²) in [5.41, 5.74) is 1.30. The highest BCUT2D eigenvalue weighted by molar-refractivity contribution is 9.10. The second-order valence-electron chi connectivity index (χ2n) is 5.14. The Morgan fingerprint density at radius 1 is 1.33 bits per heavy atom. The van der Waals surface area contributed by atoms with E-state index in [0.717, 1.165) is 19.6 Å². The van der Waals surface area contributed by atoms with Gasteiger partial charge in [0.25, 0.3) is 0 Å². The Kier molecular flexibility index (Phi) is 4.65. The van der Waals surface area contributed by atoms with Crippen molar-refractivity contribution in [2.75, 3.05) is 38.6 Å². The molecule has 2 rings (SSSR count). The van der Waals surface area contributed by atoms with Crippen molar-refractivity contribution in [1.82, 2.24) is 10.2 Å². The molecule has 0 radical (unpaired) electrons. The van der Waals surface area contributed by atoms with Crippen molar-refractivity contribution in [3.8, 4) is 0 Å². The number of para-hydroxylation sites is 1. The quantitative estimate of drug-likeness (QED) is 0.923. The minimum Gasteiger partial charge on any atom is -0.361 e. The number of rotatable bonds is 3. The van der Waals surface area contributed by atoms with Gasteiger partial charge in [-0.1, -0.05) is 12.1 Å². The number of benzene rings is 1. The average Bonchev–Trinajstić information content (AvgIpc) is 2.31. The SMILES string of the molecule is CNCC1CN(C)CC(C)N1c1ccccc1Br. The third kappa shape index (κ3) is 2.87. The third-order valence-electron chi connectivity index (χ3n) is 3.54. The molecule has 1 aromatic carbocycles. The second kappa shape index (κ2) is 6.04. The molecule has 1 fully saturated rings. The van der Waals surface area contributed by atoms with Crippen LogP contribution in [0.3, 0.4) is 0 Å². The summed E-state index contributed by atoms with van der Waals surface area (Å²) in [5.74, 6) is 0. The van der Waals surface area contributed by atoms with Crippen LogP contribution < -0.4 is 10.2 Å². The summed E-state index contributed by atoms with van der Waals surface area (Å²) in [6.45, 7) is 5.53. The highest BCUT2D eigenvalue weighted by atomic mass is 79.9. The molecule has 0 aromatic heterocycles. The third-order valence-corrected chi connectivity index (χ3v) is 4.21. The van der Waals surface area contributed by atoms with E-state index in [4.69, 9.17) is 0 Å². The van der Waals surface area contributed by atoms with Crippen molar-refractivity contribution in [1.29, 1.82) is 0 Å². The van der Waals surface area contributed by atoms with Crippen LogP contribution >= 0.6 is 15.9 Å². The van der Waals surface area contributed by atoms with E-state index < -0.39 is 0 Å². The Morgan fingerprint density at radius 3 is 2.72 bits per heavy atom. The molecule has 1 heterocycles. The number of hydrogen-bond donors (Lipinski definition) is 1. The molecule has 1 saturated heterocycles. The molecule has 18 heavy (non-hydrogen) atoms. The first kappa shape index (κ1) is 13.8. The van der Waals surface area contributed by atoms with Crippen molar-refractivity contribution in [3.05, 3.63) is 28.7 Å². The van der Waals surface area contributed by atoms with Crippen molar-refractivity contribution >= 4 is 21.6 Å². The Bertz CT molecular complexity index is 396. The van der Waals surface area contributed by atoms with Gasteiger partial charge in [0.2, 0.25) is 0 Å². The number of anilines is 1. The van der Waals surface area contributed by atoms with Crippen LogP contribution in [0.25, 0.3) is 0 Å². The smallest absolute Gasteiger partial charge is 0.0545 e. The Hall–Kier alpha value is -0.580. The van der Waals surface area contributed by atoms with Crippen LogP contribution in [-0.2, 0) is 0 Å². The largest absolute Gasteiger partial charge is 0.361 e. The van der Waals surface area contributed by atoms with Crippen LogP contribution in [0.2, 0.25) is 0 Å². The highest BCUT2D eigenvalue weighted by Gasteiger charge is 2.31. The number of nitrogens with zero attached hydrogens (tertiary/aromatic N) is 2. The van der Waals surface area contributed by atoms with Crippen molar-refractivity contribution in [2.24, 2.45) is 0 Å². The molecule has 0 aliphatic carbocycles. The van der Waals surface area contributed by atoms with Crippen LogP contribution in [0, 0.1) is 0 Å². The molecule has 1 aromatic rings. The molecule has 0 saturated carbocycles. The summed E-state index contributed by atoms with van der Waals surface area (Å²) in [4.78, 5) is 4.96. The standard InChI is InChI=1S/C14H22BrN3/c1-11-9-17(3)10-12(8-16-2)18(11)14-7-5-4-6-13(14)15/h4-7,11-12,16H,8-10H2,1-3H3. The number of hydrogen-bond acceptors (Lipinski definition) is 3. The van der Waals surface area contributed by atoms with E-state index in [2.05, 4.69) is 69.3 Å². The van der Waals surface area contributed by atoms with Gasteiger partial charge in [0.05, 0.1) is 11.7 Å². The normalized spacial score (nSPS) is 25.4. The molecule has 0 spiro atoms. The van der Waals surface area contributed by atoms with E-state index in [1.165, 1.54) is 10.2 Å². The zero-order chi connectivity index (χ0) is 13.1. The highest BCUT2D eigenvalue weighted by Crippen LogP contribution is 2.31. The fourth-order valence-corrected chi connectivity index (χ4v) is 3.40. The first-order valence-corrected chi connectivity index (χ1v) is 7.28. The van der Waals surface area contributed by atoms with Crippen LogP contribution in [0.15, 0.2) is 28.7 Å². The Morgan fingerprint density at radius 2 is 2.06 bits per heavy atom. The van der Waals surface area contributed by atoms with Crippen molar-refractivity contribution < 1.29 is 0 Å². The van der Waals surface area contributed by atoms with Gasteiger partial charge in [-0.15, -0.1) is 0 Å². The summed E-state index contributed by atoms with van der Waals surface area (Å²) in [7, 11) is 4.23. The minimum absolute atomic E-state index is 0.516. The molecule has 1 aliphatic rings. The molecule has 100 valence electrons. The van der Waals surface area contributed by atoms with Gasteiger partial charge in [0, 0.05) is 30.1 Å². The lowest BCUT2D eigenvalue weighted by Crippen LogP contribution is -2.59. The number of nitrogens with one attached hydrogen (secondary N) is 1. The lowest BCUT2D eigenvalue weighted by molar-refractivity contribution is 0.230. The maximum atomic E-state index is 3.68. The predicted octanol–water partition coefficient (Wildman–Crippen LogP) is 2.18. The first-order valence-electron chi connectivity index (χ1n) is 6.49. The summed E-state index contributed by atoms with van der Waals surface area (Å²) >= 11 is 3.68. The van der Waals surface area contributed by atoms with Crippen LogP contribution in [0.1, 0.15) is 6.92 Å². The van der Waals surface area contributed by atoms with Gasteiger partial charge in [0.15, 0.2) is 0 Å². The number of halogens is 1. The molecule has 0 amide bonds. The molecule has 4 heteroatoms.